The number of aliphatic hydroxyl groups excluding tert-OH is 1. The average Bonchev–Trinajstić information content (AvgIpc) is 2.28. The molecule has 0 aromatic heterocycles. The zero-order valence-electron chi connectivity index (χ0n) is 10.6. The summed E-state index contributed by atoms with van der Waals surface area (Å²) in [5, 5.41) is 12.5. The summed E-state index contributed by atoms with van der Waals surface area (Å²) in [7, 11) is -1.72. The van der Waals surface area contributed by atoms with Crippen LogP contribution < -0.4 is 5.32 Å². The van der Waals surface area contributed by atoms with Crippen molar-refractivity contribution in [2.75, 3.05) is 31.8 Å². The molecule has 0 spiro atoms. The van der Waals surface area contributed by atoms with E-state index in [1.54, 1.807) is 24.3 Å². The molecule has 0 saturated heterocycles. The molecule has 1 rings (SSSR count). The molecular formula is C12H19NO4S. The summed E-state index contributed by atoms with van der Waals surface area (Å²) in [6.07, 6.45) is 1.12. The third-order valence-corrected chi connectivity index (χ3v) is 3.59. The smallest absolute Gasteiger partial charge is 0.177 e. The van der Waals surface area contributed by atoms with Crippen molar-refractivity contribution in [1.82, 2.24) is 0 Å². The van der Waals surface area contributed by atoms with Gasteiger partial charge in [-0.3, -0.25) is 0 Å². The van der Waals surface area contributed by atoms with Crippen LogP contribution in [0, 0.1) is 0 Å². The largest absolute Gasteiger partial charge is 0.391 e. The molecule has 102 valence electrons. The number of para-hydroxylation sites is 1. The van der Waals surface area contributed by atoms with Gasteiger partial charge in [0.25, 0.3) is 0 Å². The maximum absolute atomic E-state index is 11.5. The SMILES string of the molecule is COCC(O)CCNc1ccccc1S(C)(=O)=O. The first-order chi connectivity index (χ1) is 8.45. The lowest BCUT2D eigenvalue weighted by Crippen LogP contribution is -2.19. The third-order valence-electron chi connectivity index (χ3n) is 2.44. The van der Waals surface area contributed by atoms with Gasteiger partial charge < -0.3 is 15.2 Å². The number of anilines is 1. The van der Waals surface area contributed by atoms with Gasteiger partial charge >= 0.3 is 0 Å². The summed E-state index contributed by atoms with van der Waals surface area (Å²) in [4.78, 5) is 0.270. The number of sulfone groups is 1. The van der Waals surface area contributed by atoms with E-state index in [0.717, 1.165) is 0 Å². The van der Waals surface area contributed by atoms with Crippen LogP contribution in [-0.2, 0) is 14.6 Å². The minimum Gasteiger partial charge on any atom is -0.391 e. The van der Waals surface area contributed by atoms with Gasteiger partial charge in [0.05, 0.1) is 23.3 Å². The van der Waals surface area contributed by atoms with Gasteiger partial charge in [-0.15, -0.1) is 0 Å². The maximum Gasteiger partial charge on any atom is 0.177 e. The molecule has 1 atom stereocenters. The monoisotopic (exact) mass is 273 g/mol. The molecule has 0 aliphatic carbocycles. The first-order valence-electron chi connectivity index (χ1n) is 5.65. The topological polar surface area (TPSA) is 75.6 Å². The summed E-state index contributed by atoms with van der Waals surface area (Å²) in [6, 6.07) is 6.71. The minimum atomic E-state index is -3.24. The van der Waals surface area contributed by atoms with Crippen LogP contribution in [0.1, 0.15) is 6.42 Å². The molecule has 2 N–H and O–H groups in total. The quantitative estimate of drug-likeness (QED) is 0.772. The second-order valence-electron chi connectivity index (χ2n) is 4.09. The normalized spacial score (nSPS) is 13.3. The van der Waals surface area contributed by atoms with Crippen LogP contribution in [-0.4, -0.2) is 46.1 Å². The van der Waals surface area contributed by atoms with E-state index < -0.39 is 15.9 Å². The molecule has 6 heteroatoms. The van der Waals surface area contributed by atoms with Crippen molar-refractivity contribution in [1.29, 1.82) is 0 Å². The number of benzene rings is 1. The Labute approximate surface area is 108 Å². The number of methoxy groups -OCH3 is 1. The summed E-state index contributed by atoms with van der Waals surface area (Å²) in [5.41, 5.74) is 0.560. The number of rotatable bonds is 7. The molecule has 1 aromatic carbocycles. The van der Waals surface area contributed by atoms with E-state index in [1.165, 1.54) is 13.4 Å². The van der Waals surface area contributed by atoms with E-state index in [1.807, 2.05) is 0 Å². The van der Waals surface area contributed by atoms with Gasteiger partial charge in [0.2, 0.25) is 0 Å². The van der Waals surface area contributed by atoms with Crippen molar-refractivity contribution < 1.29 is 18.3 Å². The summed E-state index contributed by atoms with van der Waals surface area (Å²) in [5.74, 6) is 0. The molecule has 0 saturated carbocycles. The van der Waals surface area contributed by atoms with Crippen LogP contribution in [0.3, 0.4) is 0 Å². The fraction of sp³-hybridized carbons (Fsp3) is 0.500. The zero-order chi connectivity index (χ0) is 13.6. The Morgan fingerprint density at radius 3 is 2.67 bits per heavy atom. The molecule has 0 fully saturated rings. The Balaban J connectivity index is 2.63. The van der Waals surface area contributed by atoms with Gasteiger partial charge in [-0.05, 0) is 18.6 Å². The summed E-state index contributed by atoms with van der Waals surface area (Å²) < 4.78 is 27.9. The highest BCUT2D eigenvalue weighted by molar-refractivity contribution is 7.90. The number of hydrogen-bond donors (Lipinski definition) is 2. The zero-order valence-corrected chi connectivity index (χ0v) is 11.4. The molecule has 0 radical (unpaired) electrons. The molecule has 5 nitrogen and oxygen atoms in total. The molecule has 0 bridgehead atoms. The van der Waals surface area contributed by atoms with E-state index in [4.69, 9.17) is 4.74 Å². The number of hydrogen-bond acceptors (Lipinski definition) is 5. The standard InChI is InChI=1S/C12H19NO4S/c1-17-9-10(14)7-8-13-11-5-3-4-6-12(11)18(2,15)16/h3-6,10,13-14H,7-9H2,1-2H3. The van der Waals surface area contributed by atoms with Crippen LogP contribution in [0.5, 0.6) is 0 Å². The summed E-state index contributed by atoms with van der Waals surface area (Å²) in [6.45, 7) is 0.756. The predicted molar refractivity (Wildman–Crippen MR) is 70.5 cm³/mol. The van der Waals surface area contributed by atoms with Crippen molar-refractivity contribution in [3.63, 3.8) is 0 Å². The van der Waals surface area contributed by atoms with Gasteiger partial charge in [-0.25, -0.2) is 8.42 Å². The molecule has 0 heterocycles. The Bertz CT molecular complexity index is 473. The molecule has 1 aromatic rings. The van der Waals surface area contributed by atoms with Gasteiger partial charge in [0.1, 0.15) is 0 Å². The van der Waals surface area contributed by atoms with E-state index in [0.29, 0.717) is 18.7 Å². The van der Waals surface area contributed by atoms with Crippen molar-refractivity contribution >= 4 is 15.5 Å². The lowest BCUT2D eigenvalue weighted by Gasteiger charge is -2.13. The van der Waals surface area contributed by atoms with Gasteiger partial charge in [0.15, 0.2) is 9.84 Å². The van der Waals surface area contributed by atoms with Crippen LogP contribution in [0.25, 0.3) is 0 Å². The molecular weight excluding hydrogens is 254 g/mol. The number of nitrogens with one attached hydrogen (secondary N) is 1. The first-order valence-corrected chi connectivity index (χ1v) is 7.54. The van der Waals surface area contributed by atoms with E-state index in [9.17, 15) is 13.5 Å². The molecule has 0 aliphatic heterocycles. The average molecular weight is 273 g/mol. The number of aliphatic hydroxyl groups is 1. The van der Waals surface area contributed by atoms with Crippen molar-refractivity contribution in [3.05, 3.63) is 24.3 Å². The highest BCUT2D eigenvalue weighted by atomic mass is 32.2. The molecule has 18 heavy (non-hydrogen) atoms. The Morgan fingerprint density at radius 1 is 1.39 bits per heavy atom. The maximum atomic E-state index is 11.5. The van der Waals surface area contributed by atoms with Crippen LogP contribution >= 0.6 is 0 Å². The van der Waals surface area contributed by atoms with E-state index >= 15 is 0 Å². The second-order valence-corrected chi connectivity index (χ2v) is 6.08. The van der Waals surface area contributed by atoms with Crippen LogP contribution in [0.2, 0.25) is 0 Å². The Kier molecular flexibility index (Phi) is 5.58. The Morgan fingerprint density at radius 2 is 2.06 bits per heavy atom. The molecule has 0 amide bonds. The van der Waals surface area contributed by atoms with Crippen molar-refractivity contribution in [2.45, 2.75) is 17.4 Å². The lowest BCUT2D eigenvalue weighted by molar-refractivity contribution is 0.0615. The predicted octanol–water partition coefficient (Wildman–Crippen LogP) is 0.899. The lowest BCUT2D eigenvalue weighted by atomic mass is 10.2. The molecule has 1 unspecified atom stereocenters. The van der Waals surface area contributed by atoms with Crippen molar-refractivity contribution in [3.8, 4) is 0 Å². The van der Waals surface area contributed by atoms with Crippen molar-refractivity contribution in [2.24, 2.45) is 0 Å². The van der Waals surface area contributed by atoms with Gasteiger partial charge in [-0.1, -0.05) is 12.1 Å². The third kappa shape index (κ3) is 4.64. The highest BCUT2D eigenvalue weighted by Gasteiger charge is 2.12. The fourth-order valence-corrected chi connectivity index (χ4v) is 2.45. The Hall–Kier alpha value is -1.11. The number of ether oxygens (including phenoxy) is 1. The van der Waals surface area contributed by atoms with Crippen LogP contribution in [0.4, 0.5) is 5.69 Å². The minimum absolute atomic E-state index is 0.270. The van der Waals surface area contributed by atoms with Crippen LogP contribution in [0.15, 0.2) is 29.2 Å². The van der Waals surface area contributed by atoms with Gasteiger partial charge in [0, 0.05) is 19.9 Å². The molecule has 0 aliphatic rings. The summed E-state index contributed by atoms with van der Waals surface area (Å²) >= 11 is 0. The highest BCUT2D eigenvalue weighted by Crippen LogP contribution is 2.20. The van der Waals surface area contributed by atoms with E-state index in [2.05, 4.69) is 5.32 Å². The van der Waals surface area contributed by atoms with E-state index in [-0.39, 0.29) is 11.5 Å². The first kappa shape index (κ1) is 14.9. The van der Waals surface area contributed by atoms with Gasteiger partial charge in [-0.2, -0.15) is 0 Å². The second kappa shape index (κ2) is 6.72. The fourth-order valence-electron chi connectivity index (χ4n) is 1.59.